The van der Waals surface area contributed by atoms with Crippen LogP contribution in [0.15, 0.2) is 36.5 Å². The molecule has 1 aliphatic carbocycles. The first-order valence-electron chi connectivity index (χ1n) is 8.17. The molecule has 0 bridgehead atoms. The first-order chi connectivity index (χ1) is 12.2. The van der Waals surface area contributed by atoms with Gasteiger partial charge in [-0.25, -0.2) is 0 Å². The van der Waals surface area contributed by atoms with E-state index in [1.165, 1.54) is 12.3 Å². The van der Waals surface area contributed by atoms with Gasteiger partial charge in [0.25, 0.3) is 11.8 Å². The summed E-state index contributed by atoms with van der Waals surface area (Å²) in [6, 6.07) is 8.53. The van der Waals surface area contributed by atoms with Crippen molar-refractivity contribution < 1.29 is 19.1 Å². The van der Waals surface area contributed by atoms with Gasteiger partial charge in [-0.1, -0.05) is 0 Å². The molecule has 0 unspecified atom stereocenters. The first kappa shape index (κ1) is 15.4. The summed E-state index contributed by atoms with van der Waals surface area (Å²) in [6.07, 6.45) is 3.48. The van der Waals surface area contributed by atoms with Crippen molar-refractivity contribution in [3.63, 3.8) is 0 Å². The molecular formula is C18H17N3O4. The molecule has 2 N–H and O–H groups in total. The van der Waals surface area contributed by atoms with Crippen LogP contribution >= 0.6 is 0 Å². The van der Waals surface area contributed by atoms with Crippen LogP contribution in [0.5, 0.6) is 11.5 Å². The van der Waals surface area contributed by atoms with Crippen molar-refractivity contribution in [1.29, 1.82) is 0 Å². The van der Waals surface area contributed by atoms with Crippen molar-refractivity contribution in [2.75, 3.05) is 18.5 Å². The maximum atomic E-state index is 12.4. The molecule has 2 aliphatic rings. The van der Waals surface area contributed by atoms with Crippen LogP contribution in [-0.4, -0.2) is 36.1 Å². The van der Waals surface area contributed by atoms with Gasteiger partial charge in [0.15, 0.2) is 11.5 Å². The molecule has 1 fully saturated rings. The smallest absolute Gasteiger partial charge is 0.274 e. The van der Waals surface area contributed by atoms with Gasteiger partial charge in [-0.05, 0) is 37.1 Å². The Morgan fingerprint density at radius 3 is 2.60 bits per heavy atom. The largest absolute Gasteiger partial charge is 0.486 e. The number of nitrogens with one attached hydrogen (secondary N) is 2. The SMILES string of the molecule is O=C(NC1CC1)c1ccnc(C(=O)Nc2ccc3c(c2)OCCO3)c1. The van der Waals surface area contributed by atoms with E-state index in [0.717, 1.165) is 12.8 Å². The molecule has 1 aliphatic heterocycles. The highest BCUT2D eigenvalue weighted by atomic mass is 16.6. The van der Waals surface area contributed by atoms with Gasteiger partial charge in [-0.15, -0.1) is 0 Å². The van der Waals surface area contributed by atoms with Crippen LogP contribution in [0.25, 0.3) is 0 Å². The second-order valence-corrected chi connectivity index (χ2v) is 5.99. The van der Waals surface area contributed by atoms with Crippen molar-refractivity contribution in [3.05, 3.63) is 47.8 Å². The molecule has 0 atom stereocenters. The molecule has 7 heteroatoms. The van der Waals surface area contributed by atoms with Gasteiger partial charge in [-0.3, -0.25) is 14.6 Å². The van der Waals surface area contributed by atoms with Crippen LogP contribution in [-0.2, 0) is 0 Å². The van der Waals surface area contributed by atoms with E-state index in [-0.39, 0.29) is 17.6 Å². The summed E-state index contributed by atoms with van der Waals surface area (Å²) >= 11 is 0. The monoisotopic (exact) mass is 339 g/mol. The predicted octanol–water partition coefficient (Wildman–Crippen LogP) is 2.00. The summed E-state index contributed by atoms with van der Waals surface area (Å²) < 4.78 is 11.0. The summed E-state index contributed by atoms with van der Waals surface area (Å²) in [6.45, 7) is 0.989. The van der Waals surface area contributed by atoms with Crippen molar-refractivity contribution >= 4 is 17.5 Å². The molecule has 25 heavy (non-hydrogen) atoms. The topological polar surface area (TPSA) is 89.6 Å². The lowest BCUT2D eigenvalue weighted by atomic mass is 10.2. The summed E-state index contributed by atoms with van der Waals surface area (Å²) in [4.78, 5) is 28.6. The number of pyridine rings is 1. The highest BCUT2D eigenvalue weighted by molar-refractivity contribution is 6.05. The number of carbonyl (C=O) groups excluding carboxylic acids is 2. The number of nitrogens with zero attached hydrogens (tertiary/aromatic N) is 1. The second kappa shape index (κ2) is 6.43. The molecule has 2 heterocycles. The fourth-order valence-electron chi connectivity index (χ4n) is 2.51. The molecule has 1 aromatic heterocycles. The second-order valence-electron chi connectivity index (χ2n) is 5.99. The third-order valence-corrected chi connectivity index (χ3v) is 3.97. The minimum atomic E-state index is -0.391. The molecule has 1 aromatic carbocycles. The van der Waals surface area contributed by atoms with Gasteiger partial charge < -0.3 is 20.1 Å². The number of hydrogen-bond acceptors (Lipinski definition) is 5. The maximum Gasteiger partial charge on any atom is 0.274 e. The third kappa shape index (κ3) is 3.55. The number of hydrogen-bond donors (Lipinski definition) is 2. The van der Waals surface area contributed by atoms with Crippen LogP contribution in [0, 0.1) is 0 Å². The van der Waals surface area contributed by atoms with E-state index in [1.54, 1.807) is 24.3 Å². The summed E-state index contributed by atoms with van der Waals surface area (Å²) in [5.41, 5.74) is 1.18. The Kier molecular flexibility index (Phi) is 3.97. The third-order valence-electron chi connectivity index (χ3n) is 3.97. The Morgan fingerprint density at radius 2 is 1.80 bits per heavy atom. The van der Waals surface area contributed by atoms with Gasteiger partial charge in [0.2, 0.25) is 0 Å². The van der Waals surface area contributed by atoms with E-state index in [9.17, 15) is 9.59 Å². The van der Waals surface area contributed by atoms with E-state index >= 15 is 0 Å². The molecule has 2 aromatic rings. The number of rotatable bonds is 4. The molecule has 0 saturated heterocycles. The number of aromatic nitrogens is 1. The summed E-state index contributed by atoms with van der Waals surface area (Å²) in [7, 11) is 0. The first-order valence-corrected chi connectivity index (χ1v) is 8.17. The fourth-order valence-corrected chi connectivity index (χ4v) is 2.51. The Hall–Kier alpha value is -3.09. The fraction of sp³-hybridized carbons (Fsp3) is 0.278. The minimum Gasteiger partial charge on any atom is -0.486 e. The Bertz CT molecular complexity index is 833. The average molecular weight is 339 g/mol. The van der Waals surface area contributed by atoms with Gasteiger partial charge in [0, 0.05) is 29.6 Å². The molecular weight excluding hydrogens is 322 g/mol. The van der Waals surface area contributed by atoms with Crippen LogP contribution in [0.1, 0.15) is 33.7 Å². The molecule has 7 nitrogen and oxygen atoms in total. The van der Waals surface area contributed by atoms with Gasteiger partial charge in [-0.2, -0.15) is 0 Å². The zero-order valence-electron chi connectivity index (χ0n) is 13.5. The molecule has 2 amide bonds. The number of amides is 2. The van der Waals surface area contributed by atoms with Crippen LogP contribution < -0.4 is 20.1 Å². The molecule has 0 spiro atoms. The highest BCUT2D eigenvalue weighted by Gasteiger charge is 2.24. The highest BCUT2D eigenvalue weighted by Crippen LogP contribution is 2.32. The zero-order chi connectivity index (χ0) is 17.2. The van der Waals surface area contributed by atoms with Crippen molar-refractivity contribution in [1.82, 2.24) is 10.3 Å². The lowest BCUT2D eigenvalue weighted by Gasteiger charge is -2.19. The molecule has 128 valence electrons. The average Bonchev–Trinajstić information content (AvgIpc) is 3.45. The molecule has 0 radical (unpaired) electrons. The number of anilines is 1. The standard InChI is InChI=1S/C18H17N3O4/c22-17(20-12-1-2-12)11-5-6-19-14(9-11)18(23)21-13-3-4-15-16(10-13)25-8-7-24-15/h3-6,9-10,12H,1-2,7-8H2,(H,20,22)(H,21,23). The number of fused-ring (bicyclic) bond motifs is 1. The van der Waals surface area contributed by atoms with Crippen LogP contribution in [0.2, 0.25) is 0 Å². The van der Waals surface area contributed by atoms with Gasteiger partial charge in [0.05, 0.1) is 0 Å². The Morgan fingerprint density at radius 1 is 1.00 bits per heavy atom. The van der Waals surface area contributed by atoms with E-state index in [4.69, 9.17) is 9.47 Å². The lowest BCUT2D eigenvalue weighted by molar-refractivity contribution is 0.0951. The normalized spacial score (nSPS) is 15.4. The van der Waals surface area contributed by atoms with Crippen LogP contribution in [0.4, 0.5) is 5.69 Å². The number of ether oxygens (including phenoxy) is 2. The number of carbonyl (C=O) groups is 2. The van der Waals surface area contributed by atoms with Crippen molar-refractivity contribution in [2.45, 2.75) is 18.9 Å². The van der Waals surface area contributed by atoms with E-state index < -0.39 is 5.91 Å². The van der Waals surface area contributed by atoms with E-state index in [0.29, 0.717) is 36.0 Å². The van der Waals surface area contributed by atoms with Crippen molar-refractivity contribution in [3.8, 4) is 11.5 Å². The zero-order valence-corrected chi connectivity index (χ0v) is 13.5. The Balaban J connectivity index is 1.48. The maximum absolute atomic E-state index is 12.4. The quantitative estimate of drug-likeness (QED) is 0.889. The van der Waals surface area contributed by atoms with Crippen molar-refractivity contribution in [2.24, 2.45) is 0 Å². The minimum absolute atomic E-state index is 0.179. The van der Waals surface area contributed by atoms with Gasteiger partial charge in [0.1, 0.15) is 18.9 Å². The lowest BCUT2D eigenvalue weighted by Crippen LogP contribution is -2.26. The van der Waals surface area contributed by atoms with Crippen LogP contribution in [0.3, 0.4) is 0 Å². The predicted molar refractivity (Wildman–Crippen MR) is 90.1 cm³/mol. The van der Waals surface area contributed by atoms with E-state index in [2.05, 4.69) is 15.6 Å². The molecule has 4 rings (SSSR count). The van der Waals surface area contributed by atoms with Gasteiger partial charge >= 0.3 is 0 Å². The Labute approximate surface area is 144 Å². The summed E-state index contributed by atoms with van der Waals surface area (Å²) in [5.74, 6) is 0.673. The molecule has 1 saturated carbocycles. The number of benzene rings is 1. The summed E-state index contributed by atoms with van der Waals surface area (Å²) in [5, 5.41) is 5.65. The van der Waals surface area contributed by atoms with E-state index in [1.807, 2.05) is 0 Å².